The first-order valence-electron chi connectivity index (χ1n) is 10.2. The van der Waals surface area contributed by atoms with Crippen LogP contribution in [0.15, 0.2) is 15.9 Å². The van der Waals surface area contributed by atoms with E-state index in [1.165, 1.54) is 22.5 Å². The molecule has 0 radical (unpaired) electrons. The Morgan fingerprint density at radius 2 is 1.87 bits per heavy atom. The van der Waals surface area contributed by atoms with Gasteiger partial charge in [-0.25, -0.2) is 14.6 Å². The maximum Gasteiger partial charge on any atom is 0.410 e. The van der Waals surface area contributed by atoms with Gasteiger partial charge in [0, 0.05) is 33.2 Å². The Labute approximate surface area is 172 Å². The summed E-state index contributed by atoms with van der Waals surface area (Å²) in [6, 6.07) is 0.176. The number of rotatable bonds is 4. The molecule has 2 saturated heterocycles. The monoisotopic (exact) mass is 418 g/mol. The van der Waals surface area contributed by atoms with Crippen LogP contribution in [0, 0.1) is 0 Å². The van der Waals surface area contributed by atoms with Crippen molar-refractivity contribution < 1.29 is 14.3 Å². The van der Waals surface area contributed by atoms with Crippen molar-refractivity contribution in [3.8, 4) is 0 Å². The molecule has 11 nitrogen and oxygen atoms in total. The number of likely N-dealkylation sites (tertiary alicyclic amines) is 1. The lowest BCUT2D eigenvalue weighted by Gasteiger charge is -2.37. The lowest BCUT2D eigenvalue weighted by atomic mass is 10.0. The fraction of sp³-hybridized carbons (Fsp3) is 0.632. The summed E-state index contributed by atoms with van der Waals surface area (Å²) in [6.45, 7) is 3.51. The molecule has 1 unspecified atom stereocenters. The maximum absolute atomic E-state index is 12.9. The van der Waals surface area contributed by atoms with E-state index in [1.54, 1.807) is 11.9 Å². The molecule has 0 spiro atoms. The number of aryl methyl sites for hydroxylation is 1. The van der Waals surface area contributed by atoms with Gasteiger partial charge < -0.3 is 14.2 Å². The predicted molar refractivity (Wildman–Crippen MR) is 107 cm³/mol. The van der Waals surface area contributed by atoms with Crippen molar-refractivity contribution in [3.63, 3.8) is 0 Å². The zero-order valence-corrected chi connectivity index (χ0v) is 17.4. The Balaban J connectivity index is 1.47. The number of carbonyl (C=O) groups excluding carboxylic acids is 2. The summed E-state index contributed by atoms with van der Waals surface area (Å²) in [4.78, 5) is 57.2. The molecule has 2 fully saturated rings. The van der Waals surface area contributed by atoms with Crippen LogP contribution < -0.4 is 11.2 Å². The number of carbonyl (C=O) groups is 2. The largest absolute Gasteiger partial charge is 0.447 e. The lowest BCUT2D eigenvalue weighted by Crippen LogP contribution is -2.50. The van der Waals surface area contributed by atoms with E-state index < -0.39 is 11.2 Å². The average molecular weight is 418 g/mol. The van der Waals surface area contributed by atoms with Crippen LogP contribution in [0.4, 0.5) is 4.79 Å². The maximum atomic E-state index is 12.9. The molecule has 2 aromatic rings. The highest BCUT2D eigenvalue weighted by Gasteiger charge is 2.38. The number of fused-ring (bicyclic) bond motifs is 1. The fourth-order valence-corrected chi connectivity index (χ4v) is 4.39. The van der Waals surface area contributed by atoms with Gasteiger partial charge >= 0.3 is 11.8 Å². The van der Waals surface area contributed by atoms with Crippen molar-refractivity contribution in [2.75, 3.05) is 19.7 Å². The van der Waals surface area contributed by atoms with Gasteiger partial charge in [0.1, 0.15) is 13.2 Å². The molecule has 162 valence electrons. The number of imidazole rings is 1. The van der Waals surface area contributed by atoms with Gasteiger partial charge in [0.2, 0.25) is 5.91 Å². The summed E-state index contributed by atoms with van der Waals surface area (Å²) in [5.41, 5.74) is -0.451. The van der Waals surface area contributed by atoms with Crippen molar-refractivity contribution in [2.45, 2.75) is 44.8 Å². The third-order valence-electron chi connectivity index (χ3n) is 6.21. The van der Waals surface area contributed by atoms with E-state index in [0.29, 0.717) is 32.5 Å². The van der Waals surface area contributed by atoms with Gasteiger partial charge in [-0.1, -0.05) is 6.92 Å². The molecule has 2 aromatic heterocycles. The lowest BCUT2D eigenvalue weighted by molar-refractivity contribution is -0.133. The Kier molecular flexibility index (Phi) is 5.12. The van der Waals surface area contributed by atoms with Gasteiger partial charge in [-0.15, -0.1) is 0 Å². The highest BCUT2D eigenvalue weighted by atomic mass is 16.6. The minimum absolute atomic E-state index is 0.0298. The number of amides is 2. The molecule has 2 amide bonds. The van der Waals surface area contributed by atoms with E-state index in [9.17, 15) is 19.2 Å². The molecular weight excluding hydrogens is 392 g/mol. The first kappa shape index (κ1) is 20.2. The quantitative estimate of drug-likeness (QED) is 0.671. The molecular formula is C19H26N6O5. The van der Waals surface area contributed by atoms with Crippen molar-refractivity contribution in [1.82, 2.24) is 28.5 Å². The number of hydrogen-bond donors (Lipinski definition) is 0. The molecule has 1 atom stereocenters. The summed E-state index contributed by atoms with van der Waals surface area (Å²) < 4.78 is 8.99. The molecule has 4 heterocycles. The second kappa shape index (κ2) is 7.62. The summed E-state index contributed by atoms with van der Waals surface area (Å²) in [6.07, 6.45) is 3.38. The van der Waals surface area contributed by atoms with E-state index in [-0.39, 0.29) is 41.8 Å². The van der Waals surface area contributed by atoms with Crippen molar-refractivity contribution in [2.24, 2.45) is 14.1 Å². The highest BCUT2D eigenvalue weighted by molar-refractivity contribution is 5.79. The van der Waals surface area contributed by atoms with E-state index in [4.69, 9.17) is 4.74 Å². The normalized spacial score (nSPS) is 20.2. The Hall–Kier alpha value is -3.11. The minimum atomic E-state index is -0.477. The SMILES string of the molecule is CCC1COC(=O)N1C1CCN(C(=O)Cn2cnc3c2c(=O)n(C)c(=O)n3C)CC1. The first-order chi connectivity index (χ1) is 14.3. The van der Waals surface area contributed by atoms with Crippen LogP contribution in [0.5, 0.6) is 0 Å². The summed E-state index contributed by atoms with van der Waals surface area (Å²) in [5.74, 6) is -0.125. The van der Waals surface area contributed by atoms with Crippen LogP contribution in [0.1, 0.15) is 26.2 Å². The first-order valence-corrected chi connectivity index (χ1v) is 10.2. The number of hydrogen-bond acceptors (Lipinski definition) is 6. The van der Waals surface area contributed by atoms with E-state index in [1.807, 2.05) is 11.8 Å². The second-order valence-corrected chi connectivity index (χ2v) is 7.91. The predicted octanol–water partition coefficient (Wildman–Crippen LogP) is -0.344. The van der Waals surface area contributed by atoms with Crippen LogP contribution in [0.3, 0.4) is 0 Å². The van der Waals surface area contributed by atoms with Crippen molar-refractivity contribution >= 4 is 23.2 Å². The van der Waals surface area contributed by atoms with Gasteiger partial charge in [-0.3, -0.25) is 23.6 Å². The number of nitrogens with zero attached hydrogens (tertiary/aromatic N) is 6. The second-order valence-electron chi connectivity index (χ2n) is 7.91. The Bertz CT molecular complexity index is 1110. The average Bonchev–Trinajstić information content (AvgIpc) is 3.34. The zero-order valence-electron chi connectivity index (χ0n) is 17.4. The molecule has 0 saturated carbocycles. The summed E-state index contributed by atoms with van der Waals surface area (Å²) in [7, 11) is 2.95. The molecule has 30 heavy (non-hydrogen) atoms. The number of cyclic esters (lactones) is 1. The number of piperidine rings is 1. The van der Waals surface area contributed by atoms with Crippen LogP contribution in [0.2, 0.25) is 0 Å². The molecule has 0 aliphatic carbocycles. The minimum Gasteiger partial charge on any atom is -0.447 e. The van der Waals surface area contributed by atoms with Gasteiger partial charge in [-0.2, -0.15) is 0 Å². The van der Waals surface area contributed by atoms with Crippen molar-refractivity contribution in [3.05, 3.63) is 27.2 Å². The molecule has 0 aromatic carbocycles. The van der Waals surface area contributed by atoms with Crippen LogP contribution >= 0.6 is 0 Å². The Morgan fingerprint density at radius 1 is 1.17 bits per heavy atom. The smallest absolute Gasteiger partial charge is 0.410 e. The zero-order chi connectivity index (χ0) is 21.6. The van der Waals surface area contributed by atoms with E-state index >= 15 is 0 Å². The van der Waals surface area contributed by atoms with Gasteiger partial charge in [-0.05, 0) is 19.3 Å². The molecule has 0 N–H and O–H groups in total. The van der Waals surface area contributed by atoms with Crippen LogP contribution in [-0.4, -0.2) is 72.3 Å². The van der Waals surface area contributed by atoms with E-state index in [2.05, 4.69) is 4.98 Å². The third-order valence-corrected chi connectivity index (χ3v) is 6.21. The fourth-order valence-electron chi connectivity index (χ4n) is 4.39. The molecule has 4 rings (SSSR count). The van der Waals surface area contributed by atoms with Crippen LogP contribution in [-0.2, 0) is 30.2 Å². The number of aromatic nitrogens is 4. The van der Waals surface area contributed by atoms with Gasteiger partial charge in [0.15, 0.2) is 11.2 Å². The summed E-state index contributed by atoms with van der Waals surface area (Å²) >= 11 is 0. The third kappa shape index (κ3) is 3.17. The standard InChI is InChI=1S/C19H26N6O5/c1-4-12-10-30-19(29)25(12)13-5-7-23(8-6-13)14(26)9-24-11-20-16-15(24)17(27)22(3)18(28)21(16)2/h11-13H,4-10H2,1-3H3. The summed E-state index contributed by atoms with van der Waals surface area (Å²) in [5, 5.41) is 0. The van der Waals surface area contributed by atoms with Gasteiger partial charge in [0.05, 0.1) is 12.4 Å². The van der Waals surface area contributed by atoms with Crippen LogP contribution in [0.25, 0.3) is 11.2 Å². The molecule has 11 heteroatoms. The number of ether oxygens (including phenoxy) is 1. The highest BCUT2D eigenvalue weighted by Crippen LogP contribution is 2.25. The topological polar surface area (TPSA) is 112 Å². The van der Waals surface area contributed by atoms with E-state index in [0.717, 1.165) is 11.0 Å². The molecule has 2 aliphatic rings. The molecule has 2 aliphatic heterocycles. The van der Waals surface area contributed by atoms with Gasteiger partial charge in [0.25, 0.3) is 5.56 Å². The van der Waals surface area contributed by atoms with Crippen molar-refractivity contribution in [1.29, 1.82) is 0 Å². The Morgan fingerprint density at radius 3 is 2.53 bits per heavy atom. The molecule has 0 bridgehead atoms.